The third-order valence-electron chi connectivity index (χ3n) is 4.94. The fourth-order valence-corrected chi connectivity index (χ4v) is 5.00. The lowest BCUT2D eigenvalue weighted by atomic mass is 10.1. The number of fused-ring (bicyclic) bond motifs is 1. The molecule has 0 saturated heterocycles. The number of amides is 1. The number of thioether (sulfide) groups is 1. The lowest BCUT2D eigenvalue weighted by Gasteiger charge is -2.08. The van der Waals surface area contributed by atoms with Crippen LogP contribution in [0.5, 0.6) is 0 Å². The Labute approximate surface area is 167 Å². The SMILES string of the molecule is CCc1ccc(NC(=O)CSc2nc(C3CC3)nc3sc(C)c(C)c23)cc1. The van der Waals surface area contributed by atoms with E-state index in [9.17, 15) is 4.79 Å². The lowest BCUT2D eigenvalue weighted by molar-refractivity contribution is -0.113. The number of thiophene rings is 1. The van der Waals surface area contributed by atoms with E-state index in [4.69, 9.17) is 9.97 Å². The van der Waals surface area contributed by atoms with Gasteiger partial charge in [-0.2, -0.15) is 0 Å². The summed E-state index contributed by atoms with van der Waals surface area (Å²) in [5, 5.41) is 5.04. The monoisotopic (exact) mass is 397 g/mol. The molecule has 0 radical (unpaired) electrons. The Bertz CT molecular complexity index is 991. The molecule has 27 heavy (non-hydrogen) atoms. The number of aromatic nitrogens is 2. The van der Waals surface area contributed by atoms with E-state index in [-0.39, 0.29) is 5.91 Å². The highest BCUT2D eigenvalue weighted by Crippen LogP contribution is 2.42. The number of carbonyl (C=O) groups excluding carboxylic acids is 1. The number of nitrogens with one attached hydrogen (secondary N) is 1. The molecular formula is C21H23N3OS2. The Morgan fingerprint density at radius 2 is 1.96 bits per heavy atom. The first kappa shape index (κ1) is 18.4. The largest absolute Gasteiger partial charge is 0.325 e. The highest BCUT2D eigenvalue weighted by Gasteiger charge is 2.28. The summed E-state index contributed by atoms with van der Waals surface area (Å²) < 4.78 is 0. The van der Waals surface area contributed by atoms with Gasteiger partial charge < -0.3 is 5.32 Å². The summed E-state index contributed by atoms with van der Waals surface area (Å²) >= 11 is 3.24. The first-order valence-corrected chi connectivity index (χ1v) is 11.1. The molecule has 4 nitrogen and oxygen atoms in total. The van der Waals surface area contributed by atoms with Crippen LogP contribution in [0.3, 0.4) is 0 Å². The maximum atomic E-state index is 12.4. The van der Waals surface area contributed by atoms with Crippen molar-refractivity contribution in [3.8, 4) is 0 Å². The summed E-state index contributed by atoms with van der Waals surface area (Å²) in [5.74, 6) is 1.79. The van der Waals surface area contributed by atoms with Crippen LogP contribution in [-0.4, -0.2) is 21.6 Å². The van der Waals surface area contributed by atoms with Gasteiger partial charge in [0.2, 0.25) is 5.91 Å². The first-order chi connectivity index (χ1) is 13.0. The molecule has 0 atom stereocenters. The lowest BCUT2D eigenvalue weighted by Crippen LogP contribution is -2.14. The normalized spacial score (nSPS) is 13.9. The second-order valence-electron chi connectivity index (χ2n) is 7.01. The van der Waals surface area contributed by atoms with Crippen molar-refractivity contribution in [2.24, 2.45) is 0 Å². The van der Waals surface area contributed by atoms with Crippen LogP contribution in [0.1, 0.15) is 47.5 Å². The van der Waals surface area contributed by atoms with Gasteiger partial charge in [-0.3, -0.25) is 4.79 Å². The summed E-state index contributed by atoms with van der Waals surface area (Å²) in [5.41, 5.74) is 3.34. The van der Waals surface area contributed by atoms with Gasteiger partial charge in [-0.25, -0.2) is 9.97 Å². The van der Waals surface area contributed by atoms with Crippen molar-refractivity contribution in [1.29, 1.82) is 0 Å². The van der Waals surface area contributed by atoms with Crippen molar-refractivity contribution < 1.29 is 4.79 Å². The van der Waals surface area contributed by atoms with Crippen molar-refractivity contribution >= 4 is 44.9 Å². The standard InChI is InChI=1S/C21H23N3OS2/c1-4-14-5-9-16(10-6-14)22-17(25)11-26-20-18-12(2)13(3)27-21(18)24-19(23-20)15-7-8-15/h5-6,9-10,15H,4,7-8,11H2,1-3H3,(H,22,25). The summed E-state index contributed by atoms with van der Waals surface area (Å²) in [6.07, 6.45) is 3.34. The van der Waals surface area contributed by atoms with E-state index >= 15 is 0 Å². The Balaban J connectivity index is 1.51. The van der Waals surface area contributed by atoms with Crippen LogP contribution in [0.25, 0.3) is 10.2 Å². The van der Waals surface area contributed by atoms with Crippen LogP contribution in [-0.2, 0) is 11.2 Å². The molecule has 3 aromatic rings. The Kier molecular flexibility index (Phi) is 5.19. The number of benzene rings is 1. The van der Waals surface area contributed by atoms with Crippen molar-refractivity contribution in [2.75, 3.05) is 11.1 Å². The number of hydrogen-bond acceptors (Lipinski definition) is 5. The van der Waals surface area contributed by atoms with Gasteiger partial charge >= 0.3 is 0 Å². The average molecular weight is 398 g/mol. The molecule has 4 rings (SSSR count). The molecule has 1 aromatic carbocycles. The molecule has 1 N–H and O–H groups in total. The molecule has 140 valence electrons. The van der Waals surface area contributed by atoms with Crippen LogP contribution in [0, 0.1) is 13.8 Å². The summed E-state index contributed by atoms with van der Waals surface area (Å²) in [6, 6.07) is 8.02. The Morgan fingerprint density at radius 1 is 1.22 bits per heavy atom. The molecule has 1 aliphatic carbocycles. The average Bonchev–Trinajstić information content (AvgIpc) is 3.47. The van der Waals surface area contributed by atoms with Gasteiger partial charge in [0.15, 0.2) is 0 Å². The van der Waals surface area contributed by atoms with Crippen molar-refractivity contribution in [3.63, 3.8) is 0 Å². The first-order valence-electron chi connectivity index (χ1n) is 9.34. The van der Waals surface area contributed by atoms with Gasteiger partial charge in [-0.15, -0.1) is 11.3 Å². The third kappa shape index (κ3) is 4.01. The number of nitrogens with zero attached hydrogens (tertiary/aromatic N) is 2. The number of hydrogen-bond donors (Lipinski definition) is 1. The molecular weight excluding hydrogens is 374 g/mol. The van der Waals surface area contributed by atoms with Crippen LogP contribution in [0.2, 0.25) is 0 Å². The van der Waals surface area contributed by atoms with Crippen molar-refractivity contribution in [1.82, 2.24) is 9.97 Å². The van der Waals surface area contributed by atoms with E-state index in [1.54, 1.807) is 11.3 Å². The zero-order valence-electron chi connectivity index (χ0n) is 15.8. The molecule has 0 bridgehead atoms. The molecule has 1 fully saturated rings. The highest BCUT2D eigenvalue weighted by molar-refractivity contribution is 8.00. The summed E-state index contributed by atoms with van der Waals surface area (Å²) in [4.78, 5) is 24.4. The van der Waals surface area contributed by atoms with E-state index in [2.05, 4.69) is 38.2 Å². The van der Waals surface area contributed by atoms with E-state index in [0.717, 1.165) is 33.2 Å². The molecule has 6 heteroatoms. The summed E-state index contributed by atoms with van der Waals surface area (Å²) in [7, 11) is 0. The minimum Gasteiger partial charge on any atom is -0.325 e. The topological polar surface area (TPSA) is 54.9 Å². The van der Waals surface area contributed by atoms with Gasteiger partial charge in [0, 0.05) is 21.9 Å². The molecule has 0 aliphatic heterocycles. The second-order valence-corrected chi connectivity index (χ2v) is 9.18. The van der Waals surface area contributed by atoms with E-state index < -0.39 is 0 Å². The zero-order chi connectivity index (χ0) is 19.0. The molecule has 1 saturated carbocycles. The second kappa shape index (κ2) is 7.60. The van der Waals surface area contributed by atoms with E-state index in [1.807, 2.05) is 12.1 Å². The predicted molar refractivity (Wildman–Crippen MR) is 114 cm³/mol. The predicted octanol–water partition coefficient (Wildman–Crippen LogP) is 5.48. The molecule has 2 aromatic heterocycles. The van der Waals surface area contributed by atoms with Gasteiger partial charge in [0.1, 0.15) is 15.7 Å². The number of carbonyl (C=O) groups is 1. The van der Waals surface area contributed by atoms with Gasteiger partial charge in [0.25, 0.3) is 0 Å². The minimum atomic E-state index is -0.00594. The third-order valence-corrected chi connectivity index (χ3v) is 7.02. The van der Waals surface area contributed by atoms with Crippen LogP contribution in [0.4, 0.5) is 5.69 Å². The molecule has 0 spiro atoms. The Hall–Kier alpha value is -1.92. The maximum absolute atomic E-state index is 12.4. The van der Waals surface area contributed by atoms with Gasteiger partial charge in [-0.1, -0.05) is 30.8 Å². The zero-order valence-corrected chi connectivity index (χ0v) is 17.5. The molecule has 1 aliphatic rings. The Morgan fingerprint density at radius 3 is 2.63 bits per heavy atom. The molecule has 1 amide bonds. The number of rotatable bonds is 6. The van der Waals surface area contributed by atoms with Crippen LogP contribution in [0.15, 0.2) is 29.3 Å². The molecule has 2 heterocycles. The maximum Gasteiger partial charge on any atom is 0.234 e. The van der Waals surface area contributed by atoms with E-state index in [0.29, 0.717) is 11.7 Å². The van der Waals surface area contributed by atoms with Crippen LogP contribution >= 0.6 is 23.1 Å². The van der Waals surface area contributed by atoms with Crippen molar-refractivity contribution in [3.05, 3.63) is 46.1 Å². The number of aryl methyl sites for hydroxylation is 3. The summed E-state index contributed by atoms with van der Waals surface area (Å²) in [6.45, 7) is 6.37. The fraction of sp³-hybridized carbons (Fsp3) is 0.381. The van der Waals surface area contributed by atoms with Gasteiger partial charge in [0.05, 0.1) is 5.75 Å². The number of anilines is 1. The molecule has 0 unspecified atom stereocenters. The minimum absolute atomic E-state index is 0.00594. The van der Waals surface area contributed by atoms with Crippen LogP contribution < -0.4 is 5.32 Å². The van der Waals surface area contributed by atoms with E-state index in [1.165, 1.54) is 40.6 Å². The highest BCUT2D eigenvalue weighted by atomic mass is 32.2. The van der Waals surface area contributed by atoms with Gasteiger partial charge in [-0.05, 0) is 56.4 Å². The van der Waals surface area contributed by atoms with Crippen molar-refractivity contribution in [2.45, 2.75) is 51.0 Å². The quantitative estimate of drug-likeness (QED) is 0.442. The fourth-order valence-electron chi connectivity index (χ4n) is 3.01. The smallest absolute Gasteiger partial charge is 0.234 e.